The van der Waals surface area contributed by atoms with Gasteiger partial charge in [-0.15, -0.1) is 0 Å². The molecular weight excluding hydrogens is 140 g/mol. The first-order valence-corrected chi connectivity index (χ1v) is 4.03. The van der Waals surface area contributed by atoms with Crippen molar-refractivity contribution in [1.82, 2.24) is 5.06 Å². The van der Waals surface area contributed by atoms with E-state index in [0.29, 0.717) is 0 Å². The Morgan fingerprint density at radius 2 is 1.73 bits per heavy atom. The molecule has 68 valence electrons. The fraction of sp³-hybridized carbons (Fsp3) is 1.00. The number of hydrogen-bond donors (Lipinski definition) is 0. The fourth-order valence-electron chi connectivity index (χ4n) is 1.01. The molecule has 11 heavy (non-hydrogen) atoms. The molecule has 0 saturated heterocycles. The Morgan fingerprint density at radius 1 is 1.27 bits per heavy atom. The van der Waals surface area contributed by atoms with Gasteiger partial charge in [0.05, 0.1) is 21.1 Å². The van der Waals surface area contributed by atoms with Crippen LogP contribution in [0.2, 0.25) is 0 Å². The molecule has 3 heteroatoms. The summed E-state index contributed by atoms with van der Waals surface area (Å²) < 4.78 is 0.842. The van der Waals surface area contributed by atoms with E-state index < -0.39 is 0 Å². The molecule has 0 aromatic heterocycles. The van der Waals surface area contributed by atoms with Crippen LogP contribution in [-0.4, -0.2) is 51.0 Å². The van der Waals surface area contributed by atoms with Crippen LogP contribution in [0.4, 0.5) is 0 Å². The highest BCUT2D eigenvalue weighted by Crippen LogP contribution is 2.08. The smallest absolute Gasteiger partial charge is 0.211 e. The Labute approximate surface area is 70.1 Å². The average molecular weight is 161 g/mol. The van der Waals surface area contributed by atoms with Crippen molar-refractivity contribution < 1.29 is 9.32 Å². The molecule has 0 aliphatic heterocycles. The molecule has 0 aromatic carbocycles. The number of rotatable bonds is 4. The average Bonchev–Trinajstić information content (AvgIpc) is 1.79. The van der Waals surface area contributed by atoms with Crippen molar-refractivity contribution in [3.05, 3.63) is 0 Å². The van der Waals surface area contributed by atoms with Gasteiger partial charge in [-0.05, 0) is 0 Å². The van der Waals surface area contributed by atoms with Gasteiger partial charge in [0, 0.05) is 20.5 Å². The molecule has 1 atom stereocenters. The lowest BCUT2D eigenvalue weighted by Crippen LogP contribution is -2.48. The Balaban J connectivity index is 3.96. The van der Waals surface area contributed by atoms with Crippen molar-refractivity contribution >= 4 is 0 Å². The highest BCUT2D eigenvalue weighted by molar-refractivity contribution is 4.36. The van der Waals surface area contributed by atoms with Gasteiger partial charge in [0.15, 0.2) is 0 Å². The Bertz CT molecular complexity index is 107. The minimum atomic E-state index is 0.255. The summed E-state index contributed by atoms with van der Waals surface area (Å²) in [7, 11) is 10.2. The normalized spacial score (nSPS) is 15.5. The van der Waals surface area contributed by atoms with Crippen LogP contribution in [0.1, 0.15) is 13.3 Å². The molecule has 0 rings (SSSR count). The highest BCUT2D eigenvalue weighted by Gasteiger charge is 2.23. The van der Waals surface area contributed by atoms with E-state index in [1.165, 1.54) is 0 Å². The highest BCUT2D eigenvalue weighted by atomic mass is 16.7. The zero-order valence-electron chi connectivity index (χ0n) is 8.59. The molecule has 1 unspecified atom stereocenters. The molecule has 0 amide bonds. The largest absolute Gasteiger partial charge is 0.305 e. The van der Waals surface area contributed by atoms with Gasteiger partial charge in [0.2, 0.25) is 6.23 Å². The lowest BCUT2D eigenvalue weighted by Gasteiger charge is -2.34. The van der Waals surface area contributed by atoms with Crippen molar-refractivity contribution in [2.45, 2.75) is 19.6 Å². The van der Waals surface area contributed by atoms with Gasteiger partial charge in [-0.2, -0.15) is 5.06 Å². The Hall–Kier alpha value is -0.120. The van der Waals surface area contributed by atoms with E-state index in [2.05, 4.69) is 28.1 Å². The molecule has 0 saturated carbocycles. The van der Waals surface area contributed by atoms with E-state index in [1.54, 1.807) is 5.06 Å². The molecule has 3 nitrogen and oxygen atoms in total. The summed E-state index contributed by atoms with van der Waals surface area (Å²) in [5, 5.41) is 1.76. The van der Waals surface area contributed by atoms with Gasteiger partial charge in [-0.1, -0.05) is 6.92 Å². The van der Waals surface area contributed by atoms with Crippen LogP contribution in [0.15, 0.2) is 0 Å². The van der Waals surface area contributed by atoms with Crippen LogP contribution >= 0.6 is 0 Å². The lowest BCUT2D eigenvalue weighted by atomic mass is 10.3. The topological polar surface area (TPSA) is 12.5 Å². The zero-order valence-corrected chi connectivity index (χ0v) is 8.59. The summed E-state index contributed by atoms with van der Waals surface area (Å²) >= 11 is 0. The van der Waals surface area contributed by atoms with E-state index >= 15 is 0 Å². The quantitative estimate of drug-likeness (QED) is 0.345. The Kier molecular flexibility index (Phi) is 4.00. The second-order valence-corrected chi connectivity index (χ2v) is 3.90. The van der Waals surface area contributed by atoms with Crippen molar-refractivity contribution in [2.24, 2.45) is 0 Å². The lowest BCUT2D eigenvalue weighted by molar-refractivity contribution is -0.925. The molecule has 0 bridgehead atoms. The predicted octanol–water partition coefficient (Wildman–Crippen LogP) is 0.922. The first-order chi connectivity index (χ1) is 4.88. The van der Waals surface area contributed by atoms with Crippen LogP contribution in [0.3, 0.4) is 0 Å². The minimum absolute atomic E-state index is 0.255. The van der Waals surface area contributed by atoms with Gasteiger partial charge in [0.1, 0.15) is 0 Å². The van der Waals surface area contributed by atoms with E-state index in [0.717, 1.165) is 10.9 Å². The third kappa shape index (κ3) is 4.35. The number of nitrogens with zero attached hydrogens (tertiary/aromatic N) is 2. The third-order valence-corrected chi connectivity index (χ3v) is 1.55. The number of hydroxylamine groups is 2. The Morgan fingerprint density at radius 3 is 1.82 bits per heavy atom. The van der Waals surface area contributed by atoms with Gasteiger partial charge in [-0.25, -0.2) is 4.84 Å². The van der Waals surface area contributed by atoms with Crippen molar-refractivity contribution in [3.63, 3.8) is 0 Å². The minimum Gasteiger partial charge on any atom is -0.305 e. The molecule has 0 fully saturated rings. The van der Waals surface area contributed by atoms with Crippen LogP contribution in [0.25, 0.3) is 0 Å². The van der Waals surface area contributed by atoms with Crippen LogP contribution in [-0.2, 0) is 4.84 Å². The molecule has 0 aliphatic rings. The maximum Gasteiger partial charge on any atom is 0.211 e. The van der Waals surface area contributed by atoms with E-state index in [4.69, 9.17) is 4.84 Å². The summed E-state index contributed by atoms with van der Waals surface area (Å²) in [6.07, 6.45) is 1.28. The van der Waals surface area contributed by atoms with Crippen LogP contribution < -0.4 is 0 Å². The molecule has 0 spiro atoms. The van der Waals surface area contributed by atoms with Crippen LogP contribution in [0, 0.1) is 0 Å². The summed E-state index contributed by atoms with van der Waals surface area (Å²) in [6.45, 7) is 2.14. The molecule has 0 aromatic rings. The molecule has 0 aliphatic carbocycles. The van der Waals surface area contributed by atoms with Gasteiger partial charge in [0.25, 0.3) is 0 Å². The SMILES string of the molecule is CCC(ON(C)C)[N+](C)(C)C. The van der Waals surface area contributed by atoms with Gasteiger partial charge < -0.3 is 4.48 Å². The van der Waals surface area contributed by atoms with Crippen molar-refractivity contribution in [1.29, 1.82) is 0 Å². The monoisotopic (exact) mass is 161 g/mol. The number of hydrogen-bond acceptors (Lipinski definition) is 2. The summed E-state index contributed by atoms with van der Waals surface area (Å²) in [4.78, 5) is 5.57. The van der Waals surface area contributed by atoms with Crippen molar-refractivity contribution in [2.75, 3.05) is 35.2 Å². The molecule has 0 heterocycles. The van der Waals surface area contributed by atoms with Crippen molar-refractivity contribution in [3.8, 4) is 0 Å². The maximum absolute atomic E-state index is 5.57. The molecule has 0 radical (unpaired) electrons. The first kappa shape index (κ1) is 10.9. The summed E-state index contributed by atoms with van der Waals surface area (Å²) in [5.74, 6) is 0. The molecular formula is C8H21N2O+. The van der Waals surface area contributed by atoms with E-state index in [1.807, 2.05) is 14.1 Å². The van der Waals surface area contributed by atoms with Crippen LogP contribution in [0.5, 0.6) is 0 Å². The maximum atomic E-state index is 5.57. The van der Waals surface area contributed by atoms with E-state index in [-0.39, 0.29) is 6.23 Å². The zero-order chi connectivity index (χ0) is 9.07. The van der Waals surface area contributed by atoms with E-state index in [9.17, 15) is 0 Å². The predicted molar refractivity (Wildman–Crippen MR) is 46.9 cm³/mol. The summed E-state index contributed by atoms with van der Waals surface area (Å²) in [6, 6.07) is 0. The fourth-order valence-corrected chi connectivity index (χ4v) is 1.01. The van der Waals surface area contributed by atoms with Gasteiger partial charge in [-0.3, -0.25) is 0 Å². The second kappa shape index (κ2) is 4.04. The van der Waals surface area contributed by atoms with Gasteiger partial charge >= 0.3 is 0 Å². The summed E-state index contributed by atoms with van der Waals surface area (Å²) in [5.41, 5.74) is 0. The first-order valence-electron chi connectivity index (χ1n) is 4.03. The second-order valence-electron chi connectivity index (χ2n) is 3.90. The third-order valence-electron chi connectivity index (χ3n) is 1.55. The standard InChI is InChI=1S/C8H21N2O/c1-7-8(10(4,5)6)11-9(2)3/h8H,7H2,1-6H3/q+1. The number of quaternary nitrogens is 1. The molecule has 0 N–H and O–H groups in total.